The van der Waals surface area contributed by atoms with Crippen molar-refractivity contribution in [3.63, 3.8) is 0 Å². The van der Waals surface area contributed by atoms with Gasteiger partial charge in [0, 0.05) is 6.42 Å². The summed E-state index contributed by atoms with van der Waals surface area (Å²) in [5.41, 5.74) is 3.25. The number of nitrogens with one attached hydrogen (secondary N) is 1. The van der Waals surface area contributed by atoms with Crippen LogP contribution in [0.1, 0.15) is 70.3 Å². The number of hydrogen-bond donors (Lipinski definition) is 2. The topological polar surface area (TPSA) is 70.9 Å². The number of nitrogens with zero attached hydrogens (tertiary/aromatic N) is 1. The van der Waals surface area contributed by atoms with E-state index in [1.54, 1.807) is 12.1 Å². The third-order valence-electron chi connectivity index (χ3n) is 3.93. The molecule has 0 fully saturated rings. The number of benzene rings is 1. The van der Waals surface area contributed by atoms with Crippen molar-refractivity contribution in [1.82, 2.24) is 5.43 Å². The molecule has 0 aliphatic heterocycles. The van der Waals surface area contributed by atoms with Gasteiger partial charge in [-0.3, -0.25) is 4.79 Å². The fraction of sp³-hybridized carbons (Fsp3) is 0.579. The highest BCUT2D eigenvalue weighted by molar-refractivity contribution is 9.10. The van der Waals surface area contributed by atoms with Crippen molar-refractivity contribution in [3.05, 3.63) is 22.2 Å². The summed E-state index contributed by atoms with van der Waals surface area (Å²) in [7, 11) is 1.48. The Morgan fingerprint density at radius 3 is 2.48 bits per heavy atom. The van der Waals surface area contributed by atoms with E-state index in [1.165, 1.54) is 51.8 Å². The van der Waals surface area contributed by atoms with Gasteiger partial charge in [0.15, 0.2) is 11.5 Å². The summed E-state index contributed by atoms with van der Waals surface area (Å²) in [5, 5.41) is 13.7. The van der Waals surface area contributed by atoms with Crippen LogP contribution in [0.2, 0.25) is 0 Å². The second kappa shape index (κ2) is 12.8. The van der Waals surface area contributed by atoms with Gasteiger partial charge in [-0.25, -0.2) is 5.43 Å². The van der Waals surface area contributed by atoms with Gasteiger partial charge in [-0.1, -0.05) is 51.9 Å². The average Bonchev–Trinajstić information content (AvgIpc) is 2.60. The van der Waals surface area contributed by atoms with Crippen LogP contribution < -0.4 is 10.2 Å². The average molecular weight is 413 g/mol. The first-order valence-corrected chi connectivity index (χ1v) is 9.76. The van der Waals surface area contributed by atoms with Crippen LogP contribution in [0.4, 0.5) is 0 Å². The smallest absolute Gasteiger partial charge is 0.240 e. The highest BCUT2D eigenvalue weighted by Crippen LogP contribution is 2.34. The Hall–Kier alpha value is -1.56. The van der Waals surface area contributed by atoms with E-state index in [2.05, 4.69) is 33.4 Å². The highest BCUT2D eigenvalue weighted by atomic mass is 79.9. The van der Waals surface area contributed by atoms with Crippen LogP contribution in [-0.2, 0) is 4.79 Å². The van der Waals surface area contributed by atoms with Crippen LogP contribution in [0.25, 0.3) is 0 Å². The predicted octanol–water partition coefficient (Wildman–Crippen LogP) is 5.14. The van der Waals surface area contributed by atoms with E-state index in [-0.39, 0.29) is 11.7 Å². The molecule has 0 atom stereocenters. The van der Waals surface area contributed by atoms with E-state index >= 15 is 0 Å². The maximum absolute atomic E-state index is 11.8. The molecule has 0 bridgehead atoms. The number of aromatic hydroxyl groups is 1. The van der Waals surface area contributed by atoms with Gasteiger partial charge in [-0.15, -0.1) is 0 Å². The van der Waals surface area contributed by atoms with Crippen molar-refractivity contribution in [1.29, 1.82) is 0 Å². The number of methoxy groups -OCH3 is 1. The second-order valence-corrected chi connectivity index (χ2v) is 6.93. The van der Waals surface area contributed by atoms with Gasteiger partial charge in [0.2, 0.25) is 5.91 Å². The zero-order chi connectivity index (χ0) is 18.5. The summed E-state index contributed by atoms with van der Waals surface area (Å²) in [6.45, 7) is 2.22. The summed E-state index contributed by atoms with van der Waals surface area (Å²) in [6.07, 6.45) is 11.7. The molecular weight excluding hydrogens is 384 g/mol. The Morgan fingerprint density at radius 2 is 1.84 bits per heavy atom. The Bertz CT molecular complexity index is 562. The van der Waals surface area contributed by atoms with Crippen molar-refractivity contribution in [2.75, 3.05) is 7.11 Å². The first-order chi connectivity index (χ1) is 12.1. The molecule has 0 saturated heterocycles. The number of rotatable bonds is 12. The number of hydrogen-bond acceptors (Lipinski definition) is 4. The number of amides is 1. The minimum Gasteiger partial charge on any atom is -0.503 e. The van der Waals surface area contributed by atoms with Crippen molar-refractivity contribution in [2.45, 2.75) is 64.7 Å². The first-order valence-electron chi connectivity index (χ1n) is 8.96. The molecule has 1 aromatic carbocycles. The van der Waals surface area contributed by atoms with Gasteiger partial charge in [-0.2, -0.15) is 5.10 Å². The normalized spacial score (nSPS) is 11.0. The molecule has 0 aliphatic rings. The molecule has 1 amide bonds. The monoisotopic (exact) mass is 412 g/mol. The van der Waals surface area contributed by atoms with E-state index in [4.69, 9.17) is 4.74 Å². The number of phenolic OH excluding ortho intramolecular Hbond substituents is 1. The minimum atomic E-state index is -0.0768. The molecule has 140 valence electrons. The summed E-state index contributed by atoms with van der Waals surface area (Å²) in [4.78, 5) is 11.8. The number of ether oxygens (including phenoxy) is 1. The van der Waals surface area contributed by atoms with Crippen molar-refractivity contribution >= 4 is 28.1 Å². The van der Waals surface area contributed by atoms with Gasteiger partial charge in [0.05, 0.1) is 17.8 Å². The lowest BCUT2D eigenvalue weighted by molar-refractivity contribution is -0.121. The van der Waals surface area contributed by atoms with Crippen LogP contribution in [0, 0.1) is 0 Å². The van der Waals surface area contributed by atoms with Gasteiger partial charge in [0.1, 0.15) is 0 Å². The van der Waals surface area contributed by atoms with Gasteiger partial charge in [0.25, 0.3) is 0 Å². The van der Waals surface area contributed by atoms with Crippen LogP contribution in [0.3, 0.4) is 0 Å². The molecule has 1 rings (SSSR count). The van der Waals surface area contributed by atoms with E-state index in [9.17, 15) is 9.90 Å². The van der Waals surface area contributed by atoms with Crippen molar-refractivity contribution in [3.8, 4) is 11.5 Å². The third-order valence-corrected chi connectivity index (χ3v) is 4.54. The van der Waals surface area contributed by atoms with Gasteiger partial charge >= 0.3 is 0 Å². The predicted molar refractivity (Wildman–Crippen MR) is 105 cm³/mol. The fourth-order valence-electron chi connectivity index (χ4n) is 2.48. The van der Waals surface area contributed by atoms with E-state index in [0.29, 0.717) is 22.2 Å². The number of phenols is 1. The fourth-order valence-corrected chi connectivity index (χ4v) is 2.94. The minimum absolute atomic E-state index is 0.0402. The van der Waals surface area contributed by atoms with Crippen LogP contribution >= 0.6 is 15.9 Å². The van der Waals surface area contributed by atoms with E-state index in [0.717, 1.165) is 12.8 Å². The molecule has 0 radical (unpaired) electrons. The number of unbranched alkanes of at least 4 members (excludes halogenated alkanes) is 7. The van der Waals surface area contributed by atoms with Gasteiger partial charge < -0.3 is 9.84 Å². The second-order valence-electron chi connectivity index (χ2n) is 6.07. The SMILES string of the molecule is CCCCCCCCCCC(=O)NN=Cc1cc(Br)c(O)c(OC)c1. The van der Waals surface area contributed by atoms with E-state index < -0.39 is 0 Å². The molecule has 0 aliphatic carbocycles. The molecule has 0 saturated carbocycles. The number of halogens is 1. The number of carbonyl (C=O) groups excluding carboxylic acids is 1. The Kier molecular flexibility index (Phi) is 11.0. The summed E-state index contributed by atoms with van der Waals surface area (Å²) in [5.74, 6) is 0.312. The highest BCUT2D eigenvalue weighted by Gasteiger charge is 2.07. The number of hydrazone groups is 1. The summed E-state index contributed by atoms with van der Waals surface area (Å²) < 4.78 is 5.58. The molecule has 1 aromatic rings. The molecular formula is C19H29BrN2O3. The molecule has 25 heavy (non-hydrogen) atoms. The van der Waals surface area contributed by atoms with Crippen molar-refractivity contribution < 1.29 is 14.6 Å². The summed E-state index contributed by atoms with van der Waals surface area (Å²) in [6, 6.07) is 3.35. The maximum Gasteiger partial charge on any atom is 0.240 e. The molecule has 5 nitrogen and oxygen atoms in total. The maximum atomic E-state index is 11.8. The quantitative estimate of drug-likeness (QED) is 0.283. The Balaban J connectivity index is 2.23. The van der Waals surface area contributed by atoms with Crippen LogP contribution in [-0.4, -0.2) is 24.3 Å². The molecule has 6 heteroatoms. The Labute approximate surface area is 159 Å². The van der Waals surface area contributed by atoms with Crippen molar-refractivity contribution in [2.24, 2.45) is 5.10 Å². The lowest BCUT2D eigenvalue weighted by atomic mass is 10.1. The first kappa shape index (κ1) is 21.5. The van der Waals surface area contributed by atoms with Crippen LogP contribution in [0.15, 0.2) is 21.7 Å². The standard InChI is InChI=1S/C19H29BrN2O3/c1-3-4-5-6-7-8-9-10-11-18(23)22-21-14-15-12-16(20)19(24)17(13-15)25-2/h12-14,24H,3-11H2,1-2H3,(H,22,23). The zero-order valence-electron chi connectivity index (χ0n) is 15.2. The lowest BCUT2D eigenvalue weighted by Crippen LogP contribution is -2.16. The van der Waals surface area contributed by atoms with E-state index in [1.807, 2.05) is 0 Å². The molecule has 0 aromatic heterocycles. The lowest BCUT2D eigenvalue weighted by Gasteiger charge is -2.06. The van der Waals surface area contributed by atoms with Crippen LogP contribution in [0.5, 0.6) is 11.5 Å². The molecule has 0 heterocycles. The van der Waals surface area contributed by atoms with Gasteiger partial charge in [-0.05, 0) is 40.0 Å². The zero-order valence-corrected chi connectivity index (χ0v) is 16.8. The molecule has 2 N–H and O–H groups in total. The summed E-state index contributed by atoms with van der Waals surface area (Å²) >= 11 is 3.25. The third kappa shape index (κ3) is 8.91. The largest absolute Gasteiger partial charge is 0.503 e. The molecule has 0 unspecified atom stereocenters. The molecule has 0 spiro atoms. The Morgan fingerprint density at radius 1 is 1.20 bits per heavy atom. The number of carbonyl (C=O) groups is 1.